The molecule has 1 N–H and O–H groups in total. The number of anilines is 1. The lowest BCUT2D eigenvalue weighted by Gasteiger charge is -2.10. The molecule has 3 aromatic rings. The summed E-state index contributed by atoms with van der Waals surface area (Å²) in [5.74, 6) is 0.185. The number of nitrogens with one attached hydrogen (secondary N) is 1. The van der Waals surface area contributed by atoms with E-state index < -0.39 is 0 Å². The van der Waals surface area contributed by atoms with E-state index in [1.54, 1.807) is 13.0 Å². The molecule has 2 aromatic carbocycles. The van der Waals surface area contributed by atoms with Crippen molar-refractivity contribution in [1.29, 1.82) is 0 Å². The molecule has 0 aliphatic carbocycles. The lowest BCUT2D eigenvalue weighted by atomic mass is 10.0. The van der Waals surface area contributed by atoms with Gasteiger partial charge in [0.15, 0.2) is 0 Å². The molecule has 0 aliphatic heterocycles. The normalized spacial score (nSPS) is 10.7. The Bertz CT molecular complexity index is 915. The first-order valence-electron chi connectivity index (χ1n) is 7.57. The van der Waals surface area contributed by atoms with Crippen molar-refractivity contribution in [2.24, 2.45) is 0 Å². The first kappa shape index (κ1) is 16.3. The zero-order valence-electron chi connectivity index (χ0n) is 13.7. The van der Waals surface area contributed by atoms with Crippen molar-refractivity contribution < 1.29 is 9.32 Å². The smallest absolute Gasteiger partial charge is 0.261 e. The average molecular weight is 341 g/mol. The first-order valence-corrected chi connectivity index (χ1v) is 7.95. The van der Waals surface area contributed by atoms with Gasteiger partial charge in [-0.1, -0.05) is 47.1 Å². The number of nitrogens with zero attached hydrogens (tertiary/aromatic N) is 1. The van der Waals surface area contributed by atoms with E-state index in [9.17, 15) is 4.79 Å². The summed E-state index contributed by atoms with van der Waals surface area (Å²) in [5.41, 5.74) is 4.41. The number of aryl methyl sites for hydroxylation is 2. The number of rotatable bonds is 3. The van der Waals surface area contributed by atoms with E-state index in [-0.39, 0.29) is 5.91 Å². The molecule has 4 nitrogen and oxygen atoms in total. The van der Waals surface area contributed by atoms with Crippen LogP contribution >= 0.6 is 11.6 Å². The molecule has 0 spiro atoms. The van der Waals surface area contributed by atoms with Gasteiger partial charge in [-0.2, -0.15) is 0 Å². The molecule has 0 fully saturated rings. The number of carbonyl (C=O) groups excluding carboxylic acids is 1. The fraction of sp³-hybridized carbons (Fsp3) is 0.158. The number of carbonyl (C=O) groups is 1. The van der Waals surface area contributed by atoms with Crippen LogP contribution in [0.4, 0.5) is 5.69 Å². The van der Waals surface area contributed by atoms with Crippen molar-refractivity contribution in [1.82, 2.24) is 5.16 Å². The second-order valence-electron chi connectivity index (χ2n) is 5.64. The van der Waals surface area contributed by atoms with Crippen LogP contribution in [0.25, 0.3) is 11.3 Å². The molecule has 1 amide bonds. The molecule has 0 saturated heterocycles. The molecule has 24 heavy (non-hydrogen) atoms. The van der Waals surface area contributed by atoms with Gasteiger partial charge in [-0.05, 0) is 44.0 Å². The van der Waals surface area contributed by atoms with Crippen LogP contribution in [-0.4, -0.2) is 11.1 Å². The topological polar surface area (TPSA) is 55.1 Å². The Morgan fingerprint density at radius 3 is 2.58 bits per heavy atom. The van der Waals surface area contributed by atoms with Crippen molar-refractivity contribution >= 4 is 23.2 Å². The van der Waals surface area contributed by atoms with E-state index in [0.29, 0.717) is 27.6 Å². The Balaban J connectivity index is 2.01. The molecule has 3 rings (SSSR count). The van der Waals surface area contributed by atoms with Crippen molar-refractivity contribution in [2.75, 3.05) is 5.32 Å². The highest BCUT2D eigenvalue weighted by Crippen LogP contribution is 2.31. The van der Waals surface area contributed by atoms with Gasteiger partial charge in [0.1, 0.15) is 17.0 Å². The van der Waals surface area contributed by atoms with Crippen LogP contribution in [0, 0.1) is 20.8 Å². The summed E-state index contributed by atoms with van der Waals surface area (Å²) < 4.78 is 5.25. The Morgan fingerprint density at radius 1 is 1.08 bits per heavy atom. The molecule has 0 unspecified atom stereocenters. The summed E-state index contributed by atoms with van der Waals surface area (Å²) in [7, 11) is 0. The predicted molar refractivity (Wildman–Crippen MR) is 95.6 cm³/mol. The summed E-state index contributed by atoms with van der Waals surface area (Å²) in [6.45, 7) is 5.69. The molecule has 0 bridgehead atoms. The van der Waals surface area contributed by atoms with Crippen molar-refractivity contribution in [2.45, 2.75) is 20.8 Å². The third kappa shape index (κ3) is 2.93. The summed E-state index contributed by atoms with van der Waals surface area (Å²) in [4.78, 5) is 12.8. The van der Waals surface area contributed by atoms with E-state index in [1.165, 1.54) is 0 Å². The first-order chi connectivity index (χ1) is 11.5. The Kier molecular flexibility index (Phi) is 4.40. The van der Waals surface area contributed by atoms with E-state index in [2.05, 4.69) is 10.5 Å². The fourth-order valence-electron chi connectivity index (χ4n) is 2.55. The van der Waals surface area contributed by atoms with E-state index in [1.807, 2.05) is 50.2 Å². The molecule has 0 radical (unpaired) electrons. The van der Waals surface area contributed by atoms with Gasteiger partial charge in [0.2, 0.25) is 0 Å². The molecule has 122 valence electrons. The molecule has 1 aromatic heterocycles. The molecule has 0 aliphatic rings. The summed E-state index contributed by atoms with van der Waals surface area (Å²) in [6.07, 6.45) is 0. The van der Waals surface area contributed by atoms with Crippen LogP contribution in [-0.2, 0) is 0 Å². The molecule has 0 atom stereocenters. The number of amides is 1. The highest BCUT2D eigenvalue weighted by molar-refractivity contribution is 6.33. The van der Waals surface area contributed by atoms with Crippen LogP contribution in [0.15, 0.2) is 47.0 Å². The maximum Gasteiger partial charge on any atom is 0.261 e. The summed E-state index contributed by atoms with van der Waals surface area (Å²) in [5, 5.41) is 7.49. The van der Waals surface area contributed by atoms with Gasteiger partial charge in [-0.25, -0.2) is 0 Å². The van der Waals surface area contributed by atoms with Gasteiger partial charge in [0, 0.05) is 11.3 Å². The number of halogens is 1. The molecule has 5 heteroatoms. The highest BCUT2D eigenvalue weighted by atomic mass is 35.5. The number of aromatic nitrogens is 1. The molecular weight excluding hydrogens is 324 g/mol. The zero-order chi connectivity index (χ0) is 17.3. The number of hydrogen-bond donors (Lipinski definition) is 1. The predicted octanol–water partition coefficient (Wildman–Crippen LogP) is 5.17. The van der Waals surface area contributed by atoms with Crippen molar-refractivity contribution in [3.63, 3.8) is 0 Å². The lowest BCUT2D eigenvalue weighted by Crippen LogP contribution is -2.14. The van der Waals surface area contributed by atoms with Crippen molar-refractivity contribution in [3.05, 3.63) is 69.9 Å². The summed E-state index contributed by atoms with van der Waals surface area (Å²) >= 11 is 6.24. The van der Waals surface area contributed by atoms with Crippen molar-refractivity contribution in [3.8, 4) is 11.3 Å². The van der Waals surface area contributed by atoms with Gasteiger partial charge in [-0.3, -0.25) is 4.79 Å². The average Bonchev–Trinajstić information content (AvgIpc) is 2.94. The maximum absolute atomic E-state index is 12.8. The fourth-order valence-corrected chi connectivity index (χ4v) is 2.77. The van der Waals surface area contributed by atoms with Crippen LogP contribution in [0.5, 0.6) is 0 Å². The molecule has 1 heterocycles. The standard InChI is InChI=1S/C19H17ClN2O2/c1-11-7-6-10-16(12(11)2)21-19(23)17-13(3)24-22-18(17)14-8-4-5-9-15(14)20/h4-10H,1-3H3,(H,21,23). The van der Waals surface area contributed by atoms with Gasteiger partial charge in [0.25, 0.3) is 5.91 Å². The third-order valence-corrected chi connectivity index (χ3v) is 4.40. The second kappa shape index (κ2) is 6.49. The number of hydrogen-bond acceptors (Lipinski definition) is 3. The van der Waals surface area contributed by atoms with Gasteiger partial charge in [-0.15, -0.1) is 0 Å². The number of benzene rings is 2. The molecule has 0 saturated carbocycles. The quantitative estimate of drug-likeness (QED) is 0.715. The van der Waals surface area contributed by atoms with Gasteiger partial charge >= 0.3 is 0 Å². The Labute approximate surface area is 145 Å². The maximum atomic E-state index is 12.8. The zero-order valence-corrected chi connectivity index (χ0v) is 14.4. The Morgan fingerprint density at radius 2 is 1.83 bits per heavy atom. The molecular formula is C19H17ClN2O2. The van der Waals surface area contributed by atoms with Crippen LogP contribution in [0.2, 0.25) is 5.02 Å². The second-order valence-corrected chi connectivity index (χ2v) is 6.05. The third-order valence-electron chi connectivity index (χ3n) is 4.07. The highest BCUT2D eigenvalue weighted by Gasteiger charge is 2.23. The minimum absolute atomic E-state index is 0.266. The van der Waals surface area contributed by atoms with Gasteiger partial charge < -0.3 is 9.84 Å². The lowest BCUT2D eigenvalue weighted by molar-refractivity contribution is 0.102. The van der Waals surface area contributed by atoms with Gasteiger partial charge in [0.05, 0.1) is 5.02 Å². The monoisotopic (exact) mass is 340 g/mol. The minimum atomic E-state index is -0.266. The minimum Gasteiger partial charge on any atom is -0.360 e. The van der Waals surface area contributed by atoms with Crippen LogP contribution in [0.1, 0.15) is 27.2 Å². The van der Waals surface area contributed by atoms with Crippen LogP contribution < -0.4 is 5.32 Å². The van der Waals surface area contributed by atoms with Crippen LogP contribution in [0.3, 0.4) is 0 Å². The Hall–Kier alpha value is -2.59. The van der Waals surface area contributed by atoms with E-state index in [4.69, 9.17) is 16.1 Å². The van der Waals surface area contributed by atoms with E-state index >= 15 is 0 Å². The largest absolute Gasteiger partial charge is 0.360 e. The summed E-state index contributed by atoms with van der Waals surface area (Å²) in [6, 6.07) is 13.0. The SMILES string of the molecule is Cc1cccc(NC(=O)c2c(-c3ccccc3Cl)noc2C)c1C. The van der Waals surface area contributed by atoms with E-state index in [0.717, 1.165) is 16.8 Å².